The summed E-state index contributed by atoms with van der Waals surface area (Å²) in [5, 5.41) is 12.1. The van der Waals surface area contributed by atoms with E-state index >= 15 is 0 Å². The number of thiophene rings is 1. The van der Waals surface area contributed by atoms with E-state index in [1.54, 1.807) is 13.0 Å². The Morgan fingerprint density at radius 3 is 2.60 bits per heavy atom. The van der Waals surface area contributed by atoms with Crippen LogP contribution in [0.3, 0.4) is 0 Å². The van der Waals surface area contributed by atoms with Crippen molar-refractivity contribution in [2.45, 2.75) is 20.8 Å². The van der Waals surface area contributed by atoms with Gasteiger partial charge in [-0.1, -0.05) is 19.0 Å². The van der Waals surface area contributed by atoms with Crippen LogP contribution in [0.15, 0.2) is 17.3 Å². The molecular weight excluding hydrogens is 282 g/mol. The summed E-state index contributed by atoms with van der Waals surface area (Å²) in [6.45, 7) is 5.53. The van der Waals surface area contributed by atoms with E-state index in [2.05, 4.69) is 5.16 Å². The standard InChI is InChI=1S/C12H17N3O4S/c1-7(2)6-19-12(17)15(13)11(16)10-5-4-9(20-10)8(3)14-18/h4-5,7,18H,6,13H2,1-3H3/b14-8+. The predicted octanol–water partition coefficient (Wildman–Crippen LogP) is 2.05. The highest BCUT2D eigenvalue weighted by atomic mass is 32.1. The summed E-state index contributed by atoms with van der Waals surface area (Å²) in [5.41, 5.74) is 0.375. The fourth-order valence-electron chi connectivity index (χ4n) is 1.21. The van der Waals surface area contributed by atoms with Crippen molar-refractivity contribution < 1.29 is 19.5 Å². The van der Waals surface area contributed by atoms with Crippen molar-refractivity contribution in [2.75, 3.05) is 6.61 Å². The normalized spacial score (nSPS) is 11.6. The van der Waals surface area contributed by atoms with Gasteiger partial charge in [0.1, 0.15) is 0 Å². The van der Waals surface area contributed by atoms with Crippen LogP contribution in [0.25, 0.3) is 0 Å². The van der Waals surface area contributed by atoms with Crippen molar-refractivity contribution in [2.24, 2.45) is 16.9 Å². The lowest BCUT2D eigenvalue weighted by atomic mass is 10.2. The second-order valence-electron chi connectivity index (χ2n) is 4.50. The molecule has 1 aromatic rings. The first kappa shape index (κ1) is 16.1. The van der Waals surface area contributed by atoms with Gasteiger partial charge in [0.2, 0.25) is 0 Å². The van der Waals surface area contributed by atoms with Crippen LogP contribution in [0, 0.1) is 5.92 Å². The van der Waals surface area contributed by atoms with Crippen LogP contribution in [-0.4, -0.2) is 34.5 Å². The second kappa shape index (κ2) is 7.01. The molecule has 0 radical (unpaired) electrons. The molecule has 0 spiro atoms. The van der Waals surface area contributed by atoms with E-state index in [9.17, 15) is 9.59 Å². The van der Waals surface area contributed by atoms with Gasteiger partial charge in [0.25, 0.3) is 5.91 Å². The molecule has 0 aromatic carbocycles. The summed E-state index contributed by atoms with van der Waals surface area (Å²) in [7, 11) is 0. The first-order valence-electron chi connectivity index (χ1n) is 5.91. The molecule has 1 aromatic heterocycles. The van der Waals surface area contributed by atoms with Crippen molar-refractivity contribution in [3.05, 3.63) is 21.9 Å². The molecule has 7 nitrogen and oxygen atoms in total. The molecule has 110 valence electrons. The molecule has 0 aliphatic heterocycles. The minimum atomic E-state index is -0.897. The first-order valence-corrected chi connectivity index (χ1v) is 6.73. The van der Waals surface area contributed by atoms with Gasteiger partial charge < -0.3 is 9.94 Å². The smallest absolute Gasteiger partial charge is 0.431 e. The highest BCUT2D eigenvalue weighted by Gasteiger charge is 2.23. The fourth-order valence-corrected chi connectivity index (χ4v) is 2.09. The number of rotatable bonds is 4. The van der Waals surface area contributed by atoms with Crippen molar-refractivity contribution in [1.29, 1.82) is 0 Å². The molecular formula is C12H17N3O4S. The number of oxime groups is 1. The Bertz CT molecular complexity index is 525. The minimum absolute atomic E-state index is 0.152. The van der Waals surface area contributed by atoms with E-state index in [-0.39, 0.29) is 17.4 Å². The molecule has 2 amide bonds. The minimum Gasteiger partial charge on any atom is -0.448 e. The van der Waals surface area contributed by atoms with E-state index in [0.717, 1.165) is 11.3 Å². The largest absolute Gasteiger partial charge is 0.448 e. The Balaban J connectivity index is 2.74. The summed E-state index contributed by atoms with van der Waals surface area (Å²) in [5.74, 6) is 4.92. The van der Waals surface area contributed by atoms with Gasteiger partial charge in [0.05, 0.1) is 22.1 Å². The maximum Gasteiger partial charge on any atom is 0.431 e. The third-order valence-electron chi connectivity index (χ3n) is 2.28. The summed E-state index contributed by atoms with van der Waals surface area (Å²) in [4.78, 5) is 24.4. The predicted molar refractivity (Wildman–Crippen MR) is 74.9 cm³/mol. The quantitative estimate of drug-likeness (QED) is 0.291. The topological polar surface area (TPSA) is 105 Å². The van der Waals surface area contributed by atoms with E-state index in [1.165, 1.54) is 6.07 Å². The van der Waals surface area contributed by atoms with E-state index in [0.29, 0.717) is 15.6 Å². The van der Waals surface area contributed by atoms with Crippen LogP contribution in [0.5, 0.6) is 0 Å². The lowest BCUT2D eigenvalue weighted by molar-refractivity contribution is 0.0635. The summed E-state index contributed by atoms with van der Waals surface area (Å²) in [6, 6.07) is 3.12. The van der Waals surface area contributed by atoms with E-state index in [4.69, 9.17) is 15.8 Å². The molecule has 3 N–H and O–H groups in total. The number of carbonyl (C=O) groups is 2. The highest BCUT2D eigenvalue weighted by molar-refractivity contribution is 7.16. The Morgan fingerprint density at radius 1 is 1.45 bits per heavy atom. The molecule has 0 fully saturated rings. The van der Waals surface area contributed by atoms with Gasteiger partial charge in [-0.2, -0.15) is 5.01 Å². The summed E-state index contributed by atoms with van der Waals surface area (Å²) >= 11 is 1.07. The average Bonchev–Trinajstić information content (AvgIpc) is 2.91. The third kappa shape index (κ3) is 4.04. The zero-order valence-corrected chi connectivity index (χ0v) is 12.3. The van der Waals surface area contributed by atoms with Crippen LogP contribution in [0.4, 0.5) is 4.79 Å². The molecule has 1 rings (SSSR count). The number of amides is 2. The molecule has 1 heterocycles. The maximum absolute atomic E-state index is 12.0. The van der Waals surface area contributed by atoms with Crippen molar-refractivity contribution >= 4 is 29.0 Å². The van der Waals surface area contributed by atoms with Crippen molar-refractivity contribution in [3.8, 4) is 0 Å². The Labute approximate surface area is 120 Å². The van der Waals surface area contributed by atoms with E-state index in [1.807, 2.05) is 13.8 Å². The number of carbonyl (C=O) groups excluding carboxylic acids is 2. The van der Waals surface area contributed by atoms with Gasteiger partial charge in [-0.05, 0) is 25.0 Å². The number of hydrogen-bond donors (Lipinski definition) is 2. The lowest BCUT2D eigenvalue weighted by Gasteiger charge is -2.14. The van der Waals surface area contributed by atoms with Crippen LogP contribution in [-0.2, 0) is 4.74 Å². The summed E-state index contributed by atoms with van der Waals surface area (Å²) < 4.78 is 4.87. The zero-order valence-electron chi connectivity index (χ0n) is 11.5. The van der Waals surface area contributed by atoms with Crippen molar-refractivity contribution in [1.82, 2.24) is 5.01 Å². The second-order valence-corrected chi connectivity index (χ2v) is 5.58. The highest BCUT2D eigenvalue weighted by Crippen LogP contribution is 2.18. The number of nitrogens with two attached hydrogens (primary N) is 1. The number of ether oxygens (including phenoxy) is 1. The number of nitrogens with zero attached hydrogens (tertiary/aromatic N) is 2. The Kier molecular flexibility index (Phi) is 5.66. The molecule has 0 aliphatic rings. The fraction of sp³-hybridized carbons (Fsp3) is 0.417. The summed E-state index contributed by atoms with van der Waals surface area (Å²) in [6.07, 6.45) is -0.897. The molecule has 0 unspecified atom stereocenters. The van der Waals surface area contributed by atoms with Gasteiger partial charge in [-0.3, -0.25) is 4.79 Å². The Hall–Kier alpha value is -1.93. The molecule has 0 bridgehead atoms. The Morgan fingerprint density at radius 2 is 2.05 bits per heavy atom. The van der Waals surface area contributed by atoms with Crippen LogP contribution >= 0.6 is 11.3 Å². The molecule has 20 heavy (non-hydrogen) atoms. The van der Waals surface area contributed by atoms with Gasteiger partial charge in [-0.15, -0.1) is 11.3 Å². The van der Waals surface area contributed by atoms with E-state index < -0.39 is 12.0 Å². The molecule has 0 saturated heterocycles. The number of hydrazine groups is 1. The van der Waals surface area contributed by atoms with Crippen LogP contribution in [0.2, 0.25) is 0 Å². The number of imide groups is 1. The van der Waals surface area contributed by atoms with Crippen LogP contribution in [0.1, 0.15) is 35.3 Å². The van der Waals surface area contributed by atoms with Crippen LogP contribution < -0.4 is 5.84 Å². The van der Waals surface area contributed by atoms with Gasteiger partial charge >= 0.3 is 6.09 Å². The number of hydrogen-bond acceptors (Lipinski definition) is 7. The monoisotopic (exact) mass is 299 g/mol. The van der Waals surface area contributed by atoms with Gasteiger partial charge in [-0.25, -0.2) is 10.6 Å². The maximum atomic E-state index is 12.0. The molecule has 0 aliphatic carbocycles. The van der Waals surface area contributed by atoms with Gasteiger partial charge in [0.15, 0.2) is 0 Å². The molecule has 0 atom stereocenters. The van der Waals surface area contributed by atoms with Crippen molar-refractivity contribution in [3.63, 3.8) is 0 Å². The lowest BCUT2D eigenvalue weighted by Crippen LogP contribution is -2.43. The SMILES string of the molecule is C/C(=N\O)c1ccc(C(=O)N(N)C(=O)OCC(C)C)s1. The zero-order chi connectivity index (χ0) is 15.3. The van der Waals surface area contributed by atoms with Gasteiger partial charge in [0, 0.05) is 0 Å². The molecule has 8 heteroatoms. The first-order chi connectivity index (χ1) is 9.36. The third-order valence-corrected chi connectivity index (χ3v) is 3.46. The molecule has 0 saturated carbocycles. The average molecular weight is 299 g/mol.